The number of rotatable bonds is 3. The van der Waals surface area contributed by atoms with Crippen LogP contribution in [0.25, 0.3) is 0 Å². The fraction of sp³-hybridized carbons (Fsp3) is 0.700. The van der Waals surface area contributed by atoms with Crippen LogP contribution in [0.3, 0.4) is 0 Å². The number of hydrogen-bond donors (Lipinski definition) is 1. The zero-order valence-electron chi connectivity index (χ0n) is 17.6. The third kappa shape index (κ3) is 4.26. The van der Waals surface area contributed by atoms with Crippen LogP contribution in [0.2, 0.25) is 0 Å². The minimum absolute atomic E-state index is 0.110. The molecular weight excluding hydrogens is 411 g/mol. The maximum atomic E-state index is 12.9. The van der Waals surface area contributed by atoms with Gasteiger partial charge in [-0.3, -0.25) is 4.90 Å². The molecule has 2 saturated heterocycles. The number of piperazine rings is 1. The van der Waals surface area contributed by atoms with Gasteiger partial charge in [0.15, 0.2) is 0 Å². The summed E-state index contributed by atoms with van der Waals surface area (Å²) >= 11 is 0. The van der Waals surface area contributed by atoms with Crippen LogP contribution < -0.4 is 10.2 Å². The van der Waals surface area contributed by atoms with Crippen molar-refractivity contribution in [3.8, 4) is 6.07 Å². The Balaban J connectivity index is 1.29. The van der Waals surface area contributed by atoms with Gasteiger partial charge in [0.2, 0.25) is 5.95 Å². The van der Waals surface area contributed by atoms with Crippen molar-refractivity contribution in [2.45, 2.75) is 51.0 Å². The van der Waals surface area contributed by atoms with E-state index in [1.54, 1.807) is 4.90 Å². The highest BCUT2D eigenvalue weighted by Gasteiger charge is 2.52. The Morgan fingerprint density at radius 2 is 1.81 bits per heavy atom. The van der Waals surface area contributed by atoms with Crippen molar-refractivity contribution < 1.29 is 18.0 Å². The van der Waals surface area contributed by atoms with Crippen LogP contribution in [0.15, 0.2) is 12.4 Å². The number of hydrogen-bond acceptors (Lipinski definition) is 6. The number of nitriles is 1. The van der Waals surface area contributed by atoms with E-state index in [9.17, 15) is 18.0 Å². The van der Waals surface area contributed by atoms with Crippen molar-refractivity contribution in [2.24, 2.45) is 5.41 Å². The van der Waals surface area contributed by atoms with E-state index in [1.807, 2.05) is 18.7 Å². The topological polar surface area (TPSA) is 88.4 Å². The molecule has 2 atom stereocenters. The zero-order chi connectivity index (χ0) is 22.4. The minimum Gasteiger partial charge on any atom is -0.337 e. The maximum absolute atomic E-state index is 12.9. The molecule has 0 radical (unpaired) electrons. The normalized spacial score (nSPS) is 26.2. The molecule has 1 aromatic heterocycles. The molecule has 1 aromatic rings. The van der Waals surface area contributed by atoms with Gasteiger partial charge < -0.3 is 15.1 Å². The number of carbonyl (C=O) groups excluding carboxylic acids is 1. The summed E-state index contributed by atoms with van der Waals surface area (Å²) in [6.07, 6.45) is -1.02. The van der Waals surface area contributed by atoms with Crippen LogP contribution in [0.1, 0.15) is 32.3 Å². The molecule has 1 aliphatic carbocycles. The Labute approximate surface area is 179 Å². The number of likely N-dealkylation sites (tertiary alicyclic amines) is 1. The van der Waals surface area contributed by atoms with Crippen molar-refractivity contribution in [1.82, 2.24) is 25.1 Å². The highest BCUT2D eigenvalue weighted by atomic mass is 19.4. The van der Waals surface area contributed by atoms with Crippen LogP contribution in [0.4, 0.5) is 23.9 Å². The third-order valence-electron chi connectivity index (χ3n) is 6.50. The van der Waals surface area contributed by atoms with Crippen LogP contribution in [0.5, 0.6) is 0 Å². The first-order valence-electron chi connectivity index (χ1n) is 10.4. The summed E-state index contributed by atoms with van der Waals surface area (Å²) in [6, 6.07) is 1.92. The smallest absolute Gasteiger partial charge is 0.337 e. The fourth-order valence-electron chi connectivity index (χ4n) is 5.23. The molecule has 11 heteroatoms. The number of anilines is 1. The van der Waals surface area contributed by atoms with Crippen LogP contribution in [-0.4, -0.2) is 76.6 Å². The number of nitrogens with one attached hydrogen (secondary N) is 1. The number of alkyl halides is 3. The molecule has 4 rings (SSSR count). The summed E-state index contributed by atoms with van der Waals surface area (Å²) in [5.74, 6) is 0.236. The van der Waals surface area contributed by atoms with E-state index in [0.717, 1.165) is 38.3 Å². The van der Waals surface area contributed by atoms with Crippen molar-refractivity contribution in [3.63, 3.8) is 0 Å². The Morgan fingerprint density at radius 1 is 1.23 bits per heavy atom. The molecule has 3 fully saturated rings. The number of urea groups is 1. The average molecular weight is 437 g/mol. The molecule has 0 unspecified atom stereocenters. The number of aromatic nitrogens is 2. The van der Waals surface area contributed by atoms with Gasteiger partial charge in [0.05, 0.1) is 18.2 Å². The monoisotopic (exact) mass is 437 g/mol. The Hall–Kier alpha value is -2.61. The summed E-state index contributed by atoms with van der Waals surface area (Å²) in [5.41, 5.74) is -0.624. The number of carbonyl (C=O) groups is 1. The summed E-state index contributed by atoms with van der Waals surface area (Å²) in [4.78, 5) is 26.4. The summed E-state index contributed by atoms with van der Waals surface area (Å²) in [6.45, 7) is 7.03. The van der Waals surface area contributed by atoms with E-state index in [2.05, 4.69) is 26.3 Å². The summed E-state index contributed by atoms with van der Waals surface area (Å²) in [5, 5.41) is 11.9. The largest absolute Gasteiger partial charge is 0.419 e. The van der Waals surface area contributed by atoms with Crippen molar-refractivity contribution >= 4 is 12.0 Å². The molecule has 2 amide bonds. The zero-order valence-corrected chi connectivity index (χ0v) is 17.6. The van der Waals surface area contributed by atoms with E-state index in [4.69, 9.17) is 5.26 Å². The molecule has 0 bridgehead atoms. The second-order valence-electron chi connectivity index (χ2n) is 9.14. The van der Waals surface area contributed by atoms with Gasteiger partial charge in [0.25, 0.3) is 0 Å². The molecule has 1 N–H and O–H groups in total. The van der Waals surface area contributed by atoms with Gasteiger partial charge in [-0.05, 0) is 32.1 Å². The third-order valence-corrected chi connectivity index (χ3v) is 6.50. The molecular formula is C20H26F3N7O. The van der Waals surface area contributed by atoms with E-state index < -0.39 is 11.7 Å². The Bertz CT molecular complexity index is 843. The lowest BCUT2D eigenvalue weighted by Gasteiger charge is -2.59. The lowest BCUT2D eigenvalue weighted by atomic mass is 9.60. The Morgan fingerprint density at radius 3 is 2.32 bits per heavy atom. The Kier molecular flexibility index (Phi) is 5.45. The molecule has 0 aromatic carbocycles. The molecule has 1 saturated carbocycles. The van der Waals surface area contributed by atoms with Gasteiger partial charge >= 0.3 is 12.2 Å². The number of nitrogens with zero attached hydrogens (tertiary/aromatic N) is 6. The summed E-state index contributed by atoms with van der Waals surface area (Å²) in [7, 11) is 0. The lowest BCUT2D eigenvalue weighted by molar-refractivity contribution is -0.138. The van der Waals surface area contributed by atoms with Gasteiger partial charge in [-0.15, -0.1) is 0 Å². The van der Waals surface area contributed by atoms with E-state index in [-0.39, 0.29) is 35.5 Å². The quantitative estimate of drug-likeness (QED) is 0.729. The van der Waals surface area contributed by atoms with E-state index in [0.29, 0.717) is 19.6 Å². The second-order valence-corrected chi connectivity index (χ2v) is 9.14. The molecule has 31 heavy (non-hydrogen) atoms. The maximum Gasteiger partial charge on any atom is 0.419 e. The van der Waals surface area contributed by atoms with Gasteiger partial charge in [-0.1, -0.05) is 0 Å². The molecule has 3 heterocycles. The first-order chi connectivity index (χ1) is 14.6. The van der Waals surface area contributed by atoms with Crippen molar-refractivity contribution in [1.29, 1.82) is 5.26 Å². The van der Waals surface area contributed by atoms with E-state index >= 15 is 0 Å². The number of halogens is 3. The molecule has 1 spiro atoms. The van der Waals surface area contributed by atoms with Gasteiger partial charge in [0, 0.05) is 56.7 Å². The lowest BCUT2D eigenvalue weighted by Crippen LogP contribution is -2.68. The standard InChI is InChI=1S/C20H26F3N7O/c1-13-9-29(17-25-7-15(8-26-17)20(21,22)23)10-14(2)30(13)18(31)27-16-5-19(6-16)11-28(12-19)4-3-24/h7-8,13-14,16H,4-6,9-12H2,1-2H3,(H,27,31)/t13-,14+. The second kappa shape index (κ2) is 7.82. The minimum atomic E-state index is -4.47. The predicted octanol–water partition coefficient (Wildman–Crippen LogP) is 2.09. The average Bonchev–Trinajstić information content (AvgIpc) is 2.63. The fourth-order valence-corrected chi connectivity index (χ4v) is 5.23. The van der Waals surface area contributed by atoms with Crippen LogP contribution in [-0.2, 0) is 6.18 Å². The summed E-state index contributed by atoms with van der Waals surface area (Å²) < 4.78 is 38.2. The highest BCUT2D eigenvalue weighted by molar-refractivity contribution is 5.76. The van der Waals surface area contributed by atoms with Crippen molar-refractivity contribution in [3.05, 3.63) is 18.0 Å². The van der Waals surface area contributed by atoms with E-state index in [1.165, 1.54) is 0 Å². The predicted molar refractivity (Wildman–Crippen MR) is 106 cm³/mol. The number of amides is 2. The van der Waals surface area contributed by atoms with Crippen LogP contribution >= 0.6 is 0 Å². The molecule has 3 aliphatic rings. The SMILES string of the molecule is C[C@@H]1CN(c2ncc(C(F)(F)F)cn2)C[C@H](C)N1C(=O)NC1CC2(C1)CN(CC#N)C2. The van der Waals surface area contributed by atoms with Gasteiger partial charge in [-0.2, -0.15) is 18.4 Å². The highest BCUT2D eigenvalue weighted by Crippen LogP contribution is 2.48. The first kappa shape index (κ1) is 21.6. The first-order valence-corrected chi connectivity index (χ1v) is 10.4. The van der Waals surface area contributed by atoms with Gasteiger partial charge in [0.1, 0.15) is 0 Å². The van der Waals surface area contributed by atoms with Crippen molar-refractivity contribution in [2.75, 3.05) is 37.6 Å². The van der Waals surface area contributed by atoms with Gasteiger partial charge in [-0.25, -0.2) is 14.8 Å². The molecule has 8 nitrogen and oxygen atoms in total. The van der Waals surface area contributed by atoms with Crippen LogP contribution in [0, 0.1) is 16.7 Å². The molecule has 168 valence electrons. The molecule has 2 aliphatic heterocycles.